The van der Waals surface area contributed by atoms with Crippen molar-refractivity contribution in [3.05, 3.63) is 59.2 Å². The number of pyridine rings is 1. The SMILES string of the molecule is COCC[C@@H]1C(=N)N[C@](C)(c2cc(NC(=O)c3ncccc3C(F)(F)F)ccc2F)CS1(=O)=O. The predicted octanol–water partition coefficient (Wildman–Crippen LogP) is 3.11. The summed E-state index contributed by atoms with van der Waals surface area (Å²) < 4.78 is 85.0. The van der Waals surface area contributed by atoms with Gasteiger partial charge in [-0.3, -0.25) is 15.2 Å². The summed E-state index contributed by atoms with van der Waals surface area (Å²) in [5.41, 5.74) is -3.92. The topological polar surface area (TPSA) is 121 Å². The Bertz CT molecular complexity index is 1220. The fraction of sp³-hybridized carbons (Fsp3) is 0.381. The number of nitrogens with one attached hydrogen (secondary N) is 3. The lowest BCUT2D eigenvalue weighted by Gasteiger charge is -2.40. The second-order valence-corrected chi connectivity index (χ2v) is 10.2. The van der Waals surface area contributed by atoms with Gasteiger partial charge in [-0.1, -0.05) is 0 Å². The zero-order chi connectivity index (χ0) is 25.3. The number of ether oxygens (including phenoxy) is 1. The molecular weight excluding hydrogens is 480 g/mol. The number of aromatic nitrogens is 1. The summed E-state index contributed by atoms with van der Waals surface area (Å²) in [6, 6.07) is 4.95. The van der Waals surface area contributed by atoms with Crippen LogP contribution in [-0.4, -0.2) is 49.9 Å². The molecule has 0 saturated carbocycles. The Labute approximate surface area is 193 Å². The fourth-order valence-corrected chi connectivity index (χ4v) is 5.93. The molecule has 1 saturated heterocycles. The highest BCUT2D eigenvalue weighted by Crippen LogP contribution is 2.34. The molecule has 0 bridgehead atoms. The zero-order valence-corrected chi connectivity index (χ0v) is 19.0. The molecule has 13 heteroatoms. The third kappa shape index (κ3) is 5.20. The third-order valence-electron chi connectivity index (χ3n) is 5.39. The number of anilines is 1. The monoisotopic (exact) mass is 502 g/mol. The molecule has 0 aliphatic carbocycles. The summed E-state index contributed by atoms with van der Waals surface area (Å²) in [6.45, 7) is 1.49. The Hall–Kier alpha value is -3.06. The van der Waals surface area contributed by atoms with E-state index in [0.717, 1.165) is 30.5 Å². The summed E-state index contributed by atoms with van der Waals surface area (Å²) in [6.07, 6.45) is -3.74. The Morgan fingerprint density at radius 2 is 2.06 bits per heavy atom. The van der Waals surface area contributed by atoms with Crippen molar-refractivity contribution in [2.45, 2.75) is 30.3 Å². The van der Waals surface area contributed by atoms with E-state index in [1.807, 2.05) is 0 Å². The number of amidine groups is 1. The van der Waals surface area contributed by atoms with Gasteiger partial charge in [0.25, 0.3) is 5.91 Å². The standard InChI is InChI=1S/C21H22F4N4O4S/c1-20(11-34(31,32)16(7-9-33-2)18(26)29-20)14-10-12(5-6-15(14)22)28-19(30)17-13(21(23,24)25)4-3-8-27-17/h3-6,8,10,16H,7,9,11H2,1-2H3,(H2,26,29)(H,28,30)/t16-,20+/m1/s1. The number of methoxy groups -OCH3 is 1. The van der Waals surface area contributed by atoms with Gasteiger partial charge in [-0.2, -0.15) is 13.2 Å². The lowest BCUT2D eigenvalue weighted by Crippen LogP contribution is -2.60. The van der Waals surface area contributed by atoms with E-state index >= 15 is 0 Å². The number of carbonyl (C=O) groups excluding carboxylic acids is 1. The molecule has 1 amide bonds. The minimum atomic E-state index is -4.82. The van der Waals surface area contributed by atoms with Crippen LogP contribution < -0.4 is 10.6 Å². The lowest BCUT2D eigenvalue weighted by atomic mass is 9.92. The van der Waals surface area contributed by atoms with Crippen molar-refractivity contribution < 1.29 is 35.5 Å². The largest absolute Gasteiger partial charge is 0.418 e. The molecule has 1 fully saturated rings. The van der Waals surface area contributed by atoms with E-state index in [9.17, 15) is 30.8 Å². The molecule has 0 spiro atoms. The van der Waals surface area contributed by atoms with Crippen molar-refractivity contribution >= 4 is 27.3 Å². The van der Waals surface area contributed by atoms with Crippen LogP contribution in [0.5, 0.6) is 0 Å². The lowest BCUT2D eigenvalue weighted by molar-refractivity contribution is -0.138. The van der Waals surface area contributed by atoms with E-state index in [1.165, 1.54) is 14.0 Å². The molecule has 2 atom stereocenters. The number of halogens is 4. The second kappa shape index (κ2) is 9.29. The van der Waals surface area contributed by atoms with Crippen LogP contribution >= 0.6 is 0 Å². The number of benzene rings is 1. The molecule has 3 N–H and O–H groups in total. The number of carbonyl (C=O) groups is 1. The first-order valence-electron chi connectivity index (χ1n) is 9.99. The van der Waals surface area contributed by atoms with Gasteiger partial charge in [0.05, 0.1) is 16.9 Å². The predicted molar refractivity (Wildman–Crippen MR) is 116 cm³/mol. The smallest absolute Gasteiger partial charge is 0.385 e. The first-order valence-corrected chi connectivity index (χ1v) is 11.7. The van der Waals surface area contributed by atoms with Gasteiger partial charge in [0, 0.05) is 31.2 Å². The van der Waals surface area contributed by atoms with Crippen molar-refractivity contribution in [3.63, 3.8) is 0 Å². The molecule has 1 aromatic carbocycles. The molecule has 1 aromatic heterocycles. The van der Waals surface area contributed by atoms with E-state index in [2.05, 4.69) is 15.6 Å². The van der Waals surface area contributed by atoms with Crippen LogP contribution in [-0.2, 0) is 26.3 Å². The molecule has 34 heavy (non-hydrogen) atoms. The van der Waals surface area contributed by atoms with Crippen LogP contribution in [0.15, 0.2) is 36.5 Å². The van der Waals surface area contributed by atoms with E-state index in [0.29, 0.717) is 6.07 Å². The number of sulfone groups is 1. The zero-order valence-electron chi connectivity index (χ0n) is 18.2. The Balaban J connectivity index is 1.92. The molecule has 184 valence electrons. The Morgan fingerprint density at radius 3 is 2.68 bits per heavy atom. The molecule has 0 radical (unpaired) electrons. The van der Waals surface area contributed by atoms with Crippen molar-refractivity contribution in [2.24, 2.45) is 0 Å². The first kappa shape index (κ1) is 25.6. The van der Waals surface area contributed by atoms with Gasteiger partial charge in [0.2, 0.25) is 0 Å². The number of nitrogens with zero attached hydrogens (tertiary/aromatic N) is 1. The van der Waals surface area contributed by atoms with E-state index in [-0.39, 0.29) is 30.1 Å². The Kier molecular flexibility index (Phi) is 6.99. The van der Waals surface area contributed by atoms with Gasteiger partial charge >= 0.3 is 6.18 Å². The van der Waals surface area contributed by atoms with E-state index in [1.54, 1.807) is 0 Å². The van der Waals surface area contributed by atoms with Crippen LogP contribution in [0.25, 0.3) is 0 Å². The van der Waals surface area contributed by atoms with Crippen molar-refractivity contribution in [1.29, 1.82) is 5.41 Å². The minimum absolute atomic E-state index is 0.0466. The summed E-state index contributed by atoms with van der Waals surface area (Å²) in [7, 11) is -2.48. The van der Waals surface area contributed by atoms with Gasteiger partial charge in [0.1, 0.15) is 22.6 Å². The van der Waals surface area contributed by atoms with Gasteiger partial charge < -0.3 is 15.4 Å². The molecule has 2 heterocycles. The maximum Gasteiger partial charge on any atom is 0.418 e. The molecular formula is C21H22F4N4O4S. The fourth-order valence-electron chi connectivity index (χ4n) is 3.82. The van der Waals surface area contributed by atoms with E-state index in [4.69, 9.17) is 10.1 Å². The van der Waals surface area contributed by atoms with Gasteiger partial charge in [-0.25, -0.2) is 12.8 Å². The highest BCUT2D eigenvalue weighted by Gasteiger charge is 2.46. The second-order valence-electron chi connectivity index (χ2n) is 7.99. The quantitative estimate of drug-likeness (QED) is 0.522. The first-order chi connectivity index (χ1) is 15.8. The summed E-state index contributed by atoms with van der Waals surface area (Å²) in [5.74, 6) is -2.88. The molecule has 3 rings (SSSR count). The minimum Gasteiger partial charge on any atom is -0.385 e. The number of amides is 1. The number of alkyl halides is 3. The Morgan fingerprint density at radius 1 is 1.35 bits per heavy atom. The molecule has 0 unspecified atom stereocenters. The highest BCUT2D eigenvalue weighted by atomic mass is 32.2. The molecule has 8 nitrogen and oxygen atoms in total. The highest BCUT2D eigenvalue weighted by molar-refractivity contribution is 7.92. The normalized spacial score (nSPS) is 22.2. The molecule has 1 aliphatic rings. The van der Waals surface area contributed by atoms with Crippen LogP contribution in [0, 0.1) is 11.2 Å². The summed E-state index contributed by atoms with van der Waals surface area (Å²) in [4.78, 5) is 16.0. The summed E-state index contributed by atoms with van der Waals surface area (Å²) in [5, 5.41) is 12.0. The number of hydrogen-bond acceptors (Lipinski definition) is 6. The number of hydrogen-bond donors (Lipinski definition) is 3. The van der Waals surface area contributed by atoms with Crippen LogP contribution in [0.1, 0.15) is 35.0 Å². The maximum absolute atomic E-state index is 14.8. The third-order valence-corrected chi connectivity index (χ3v) is 7.71. The average molecular weight is 502 g/mol. The van der Waals surface area contributed by atoms with Crippen molar-refractivity contribution in [3.8, 4) is 0 Å². The van der Waals surface area contributed by atoms with Crippen LogP contribution in [0.4, 0.5) is 23.2 Å². The van der Waals surface area contributed by atoms with E-state index < -0.39 is 55.5 Å². The molecule has 2 aromatic rings. The maximum atomic E-state index is 14.8. The van der Waals surface area contributed by atoms with Gasteiger partial charge in [-0.05, 0) is 43.7 Å². The van der Waals surface area contributed by atoms with Gasteiger partial charge in [-0.15, -0.1) is 0 Å². The van der Waals surface area contributed by atoms with Gasteiger partial charge in [0.15, 0.2) is 9.84 Å². The van der Waals surface area contributed by atoms with Crippen molar-refractivity contribution in [1.82, 2.24) is 10.3 Å². The summed E-state index contributed by atoms with van der Waals surface area (Å²) >= 11 is 0. The average Bonchev–Trinajstić information content (AvgIpc) is 2.73. The van der Waals surface area contributed by atoms with Crippen LogP contribution in [0.2, 0.25) is 0 Å². The molecule has 1 aliphatic heterocycles. The van der Waals surface area contributed by atoms with Crippen LogP contribution in [0.3, 0.4) is 0 Å². The van der Waals surface area contributed by atoms with Crippen molar-refractivity contribution in [2.75, 3.05) is 24.8 Å². The number of rotatable bonds is 6.